The molecule has 2 aromatic rings. The lowest BCUT2D eigenvalue weighted by molar-refractivity contribution is -0.0523. The first-order valence-electron chi connectivity index (χ1n) is 10.2. The van der Waals surface area contributed by atoms with Crippen molar-refractivity contribution in [3.63, 3.8) is 0 Å². The minimum atomic E-state index is -2.87. The van der Waals surface area contributed by atoms with E-state index in [4.69, 9.17) is 4.74 Å². The Balaban J connectivity index is 0.00000225. The number of rotatable bonds is 4. The van der Waals surface area contributed by atoms with Gasteiger partial charge in [0.25, 0.3) is 5.92 Å². The molecule has 0 radical (unpaired) electrons. The molecule has 5 atom stereocenters. The number of hydrogen-bond acceptors (Lipinski definition) is 2. The number of halogens is 2. The van der Waals surface area contributed by atoms with E-state index in [1.54, 1.807) is 13.2 Å². The van der Waals surface area contributed by atoms with Crippen LogP contribution >= 0.6 is 0 Å². The van der Waals surface area contributed by atoms with E-state index < -0.39 is 5.92 Å². The quantitative estimate of drug-likeness (QED) is 0.733. The summed E-state index contributed by atoms with van der Waals surface area (Å²) < 4.78 is 36.1. The number of methoxy groups -OCH3 is 1. The van der Waals surface area contributed by atoms with E-state index in [-0.39, 0.29) is 25.5 Å². The SMILES string of the molecule is CCC(C)C[C@H]1C[C@H]2c3[nH]c4ccc(OC)cc4c3C(F)(F)CN(C1)C2C.[HH]. The number of aromatic nitrogens is 1. The van der Waals surface area contributed by atoms with Crippen LogP contribution in [0.2, 0.25) is 0 Å². The van der Waals surface area contributed by atoms with Crippen molar-refractivity contribution in [2.75, 3.05) is 20.2 Å². The summed E-state index contributed by atoms with van der Waals surface area (Å²) in [5, 5.41) is 0.605. The fraction of sp³-hybridized carbons (Fsp3) is 0.636. The molecule has 3 nitrogen and oxygen atoms in total. The number of H-pyrrole nitrogens is 1. The lowest BCUT2D eigenvalue weighted by Crippen LogP contribution is -2.47. The molecular formula is C22H32F2N2O. The van der Waals surface area contributed by atoms with Crippen LogP contribution in [0.4, 0.5) is 8.78 Å². The van der Waals surface area contributed by atoms with Gasteiger partial charge in [-0.25, -0.2) is 0 Å². The monoisotopic (exact) mass is 378 g/mol. The topological polar surface area (TPSA) is 28.3 Å². The van der Waals surface area contributed by atoms with E-state index >= 15 is 8.78 Å². The Hall–Kier alpha value is -1.62. The summed E-state index contributed by atoms with van der Waals surface area (Å²) in [4.78, 5) is 5.40. The van der Waals surface area contributed by atoms with Gasteiger partial charge in [0.15, 0.2) is 0 Å². The van der Waals surface area contributed by atoms with Gasteiger partial charge in [0, 0.05) is 36.5 Å². The second-order valence-electron chi connectivity index (χ2n) is 8.66. The number of benzene rings is 1. The normalized spacial score (nSPS) is 30.6. The molecule has 3 unspecified atom stereocenters. The van der Waals surface area contributed by atoms with Crippen LogP contribution in [0.25, 0.3) is 10.9 Å². The number of nitrogens with one attached hydrogen (secondary N) is 1. The average molecular weight is 379 g/mol. The zero-order valence-electron chi connectivity index (χ0n) is 16.7. The molecule has 150 valence electrons. The molecule has 3 heterocycles. The molecule has 2 aliphatic rings. The predicted molar refractivity (Wildman–Crippen MR) is 107 cm³/mol. The fourth-order valence-electron chi connectivity index (χ4n) is 5.18. The van der Waals surface area contributed by atoms with Crippen LogP contribution in [-0.4, -0.2) is 36.1 Å². The standard InChI is InChI=1S/C22H30F2N2O.H2/c1-5-13(2)8-15-9-17-14(3)26(11-15)12-22(23,24)20-18-10-16(27-4)6-7-19(18)25-21(17)20;/h6-7,10,13-15,17,25H,5,8-9,11-12H2,1-4H3;1H/t13?,14?,15-,17+;/m0./s1. The summed E-state index contributed by atoms with van der Waals surface area (Å²) in [7, 11) is 1.57. The molecule has 0 amide bonds. The zero-order chi connectivity index (χ0) is 19.3. The largest absolute Gasteiger partial charge is 0.497 e. The van der Waals surface area contributed by atoms with Gasteiger partial charge < -0.3 is 9.72 Å². The van der Waals surface area contributed by atoms with E-state index in [9.17, 15) is 0 Å². The van der Waals surface area contributed by atoms with Gasteiger partial charge in [0.2, 0.25) is 0 Å². The Morgan fingerprint density at radius 2 is 2.19 bits per heavy atom. The van der Waals surface area contributed by atoms with Crippen molar-refractivity contribution in [2.24, 2.45) is 11.8 Å². The fourth-order valence-corrected chi connectivity index (χ4v) is 5.18. The van der Waals surface area contributed by atoms with Gasteiger partial charge in [-0.1, -0.05) is 20.3 Å². The second kappa shape index (κ2) is 6.77. The molecule has 0 aliphatic carbocycles. The lowest BCUT2D eigenvalue weighted by atomic mass is 9.78. The molecule has 1 aromatic heterocycles. The molecule has 27 heavy (non-hydrogen) atoms. The number of nitrogens with zero attached hydrogens (tertiary/aromatic N) is 1. The molecule has 1 aromatic carbocycles. The van der Waals surface area contributed by atoms with Crippen molar-refractivity contribution < 1.29 is 14.9 Å². The first-order valence-corrected chi connectivity index (χ1v) is 10.2. The maximum Gasteiger partial charge on any atom is 0.287 e. The van der Waals surface area contributed by atoms with Crippen molar-refractivity contribution in [3.8, 4) is 5.75 Å². The van der Waals surface area contributed by atoms with Gasteiger partial charge in [-0.3, -0.25) is 4.90 Å². The maximum absolute atomic E-state index is 15.4. The highest BCUT2D eigenvalue weighted by atomic mass is 19.3. The summed E-state index contributed by atoms with van der Waals surface area (Å²) in [5.74, 6) is -1.01. The molecule has 5 heteroatoms. The van der Waals surface area contributed by atoms with Crippen molar-refractivity contribution in [1.29, 1.82) is 0 Å². The Bertz CT molecular complexity index is 837. The van der Waals surface area contributed by atoms with E-state index in [2.05, 4.69) is 25.8 Å². The van der Waals surface area contributed by atoms with Gasteiger partial charge >= 0.3 is 0 Å². The molecule has 0 saturated carbocycles. The summed E-state index contributed by atoms with van der Waals surface area (Å²) in [6, 6.07) is 5.57. The van der Waals surface area contributed by atoms with Crippen LogP contribution in [0.15, 0.2) is 18.2 Å². The first kappa shape index (κ1) is 18.7. The van der Waals surface area contributed by atoms with Crippen molar-refractivity contribution in [3.05, 3.63) is 29.5 Å². The van der Waals surface area contributed by atoms with Crippen LogP contribution in [-0.2, 0) is 5.92 Å². The summed E-state index contributed by atoms with van der Waals surface area (Å²) in [6.45, 7) is 7.18. The Kier molecular flexibility index (Phi) is 4.69. The number of piperidine rings is 1. The summed E-state index contributed by atoms with van der Waals surface area (Å²) >= 11 is 0. The number of fused-ring (bicyclic) bond motifs is 6. The maximum atomic E-state index is 15.4. The van der Waals surface area contributed by atoms with E-state index in [1.807, 2.05) is 17.0 Å². The van der Waals surface area contributed by atoms with Crippen LogP contribution in [0, 0.1) is 11.8 Å². The molecule has 4 rings (SSSR count). The average Bonchev–Trinajstić information content (AvgIpc) is 3.01. The molecule has 2 bridgehead atoms. The second-order valence-corrected chi connectivity index (χ2v) is 8.66. The number of hydrogen-bond donors (Lipinski definition) is 1. The minimum Gasteiger partial charge on any atom is -0.497 e. The third kappa shape index (κ3) is 3.14. The van der Waals surface area contributed by atoms with Gasteiger partial charge in [0.05, 0.1) is 19.2 Å². The molecule has 0 spiro atoms. The summed E-state index contributed by atoms with van der Waals surface area (Å²) in [6.07, 6.45) is 3.24. The van der Waals surface area contributed by atoms with Gasteiger partial charge in [-0.15, -0.1) is 0 Å². The van der Waals surface area contributed by atoms with Gasteiger partial charge in [0.1, 0.15) is 5.75 Å². The Labute approximate surface area is 161 Å². The smallest absolute Gasteiger partial charge is 0.287 e. The van der Waals surface area contributed by atoms with Crippen molar-refractivity contribution >= 4 is 10.9 Å². The van der Waals surface area contributed by atoms with E-state index in [0.29, 0.717) is 23.0 Å². The first-order chi connectivity index (χ1) is 12.8. The van der Waals surface area contributed by atoms with Crippen molar-refractivity contribution in [2.45, 2.75) is 57.9 Å². The molecule has 1 N–H and O–H groups in total. The molecular weight excluding hydrogens is 346 g/mol. The minimum absolute atomic E-state index is 0. The highest BCUT2D eigenvalue weighted by Gasteiger charge is 2.49. The zero-order valence-corrected chi connectivity index (χ0v) is 16.7. The number of alkyl halides is 2. The van der Waals surface area contributed by atoms with Crippen LogP contribution in [0.1, 0.15) is 58.6 Å². The molecule has 1 fully saturated rings. The third-order valence-corrected chi connectivity index (χ3v) is 6.84. The Morgan fingerprint density at radius 3 is 2.89 bits per heavy atom. The highest BCUT2D eigenvalue weighted by Crippen LogP contribution is 2.49. The third-order valence-electron chi connectivity index (χ3n) is 6.84. The Morgan fingerprint density at radius 1 is 1.41 bits per heavy atom. The van der Waals surface area contributed by atoms with E-state index in [0.717, 1.165) is 37.0 Å². The molecule has 1 saturated heterocycles. The van der Waals surface area contributed by atoms with Gasteiger partial charge in [-0.2, -0.15) is 8.78 Å². The van der Waals surface area contributed by atoms with Crippen LogP contribution < -0.4 is 4.74 Å². The lowest BCUT2D eigenvalue weighted by Gasteiger charge is -2.42. The number of aromatic amines is 1. The highest BCUT2D eigenvalue weighted by molar-refractivity contribution is 5.87. The van der Waals surface area contributed by atoms with Crippen LogP contribution in [0.5, 0.6) is 5.75 Å². The van der Waals surface area contributed by atoms with E-state index in [1.165, 1.54) is 0 Å². The number of ether oxygens (including phenoxy) is 1. The van der Waals surface area contributed by atoms with Gasteiger partial charge in [-0.05, 0) is 49.8 Å². The summed E-state index contributed by atoms with van der Waals surface area (Å²) in [5.41, 5.74) is 1.72. The van der Waals surface area contributed by atoms with Crippen LogP contribution in [0.3, 0.4) is 0 Å². The molecule has 2 aliphatic heterocycles. The predicted octanol–water partition coefficient (Wildman–Crippen LogP) is 5.76. The van der Waals surface area contributed by atoms with Crippen molar-refractivity contribution in [1.82, 2.24) is 9.88 Å².